The summed E-state index contributed by atoms with van der Waals surface area (Å²) in [4.78, 5) is 22.0. The van der Waals surface area contributed by atoms with Crippen LogP contribution in [0.1, 0.15) is 10.4 Å². The standard InChI is InChI=1S/C11H12O4S/c1-15-10-5-3-2-4-8(10)9(12)6-16-7-11(13)14/h2-5H,6-7H2,1H3,(H,13,14). The number of rotatable bonds is 6. The zero-order chi connectivity index (χ0) is 12.0. The van der Waals surface area contributed by atoms with E-state index in [1.165, 1.54) is 7.11 Å². The van der Waals surface area contributed by atoms with E-state index in [9.17, 15) is 9.59 Å². The molecule has 0 aliphatic rings. The van der Waals surface area contributed by atoms with Crippen LogP contribution in [0.4, 0.5) is 0 Å². The van der Waals surface area contributed by atoms with Crippen LogP contribution in [-0.2, 0) is 4.79 Å². The molecule has 0 fully saturated rings. The Balaban J connectivity index is 2.62. The molecule has 1 rings (SSSR count). The van der Waals surface area contributed by atoms with Crippen LogP contribution in [-0.4, -0.2) is 35.5 Å². The Morgan fingerprint density at radius 1 is 1.31 bits per heavy atom. The Morgan fingerprint density at radius 3 is 2.62 bits per heavy atom. The van der Waals surface area contributed by atoms with E-state index >= 15 is 0 Å². The first-order chi connectivity index (χ1) is 7.65. The highest BCUT2D eigenvalue weighted by molar-refractivity contribution is 8.00. The van der Waals surface area contributed by atoms with E-state index in [4.69, 9.17) is 9.84 Å². The van der Waals surface area contributed by atoms with Crippen molar-refractivity contribution in [2.75, 3.05) is 18.6 Å². The van der Waals surface area contributed by atoms with Crippen LogP contribution < -0.4 is 4.74 Å². The highest BCUT2D eigenvalue weighted by atomic mass is 32.2. The van der Waals surface area contributed by atoms with Crippen molar-refractivity contribution in [1.82, 2.24) is 0 Å². The van der Waals surface area contributed by atoms with E-state index < -0.39 is 5.97 Å². The molecule has 1 aromatic rings. The number of hydrogen-bond acceptors (Lipinski definition) is 4. The van der Waals surface area contributed by atoms with Gasteiger partial charge in [-0.1, -0.05) is 12.1 Å². The van der Waals surface area contributed by atoms with Crippen molar-refractivity contribution >= 4 is 23.5 Å². The van der Waals surface area contributed by atoms with Crippen LogP contribution in [0.2, 0.25) is 0 Å². The van der Waals surface area contributed by atoms with Crippen molar-refractivity contribution < 1.29 is 19.4 Å². The predicted molar refractivity (Wildman–Crippen MR) is 62.3 cm³/mol. The van der Waals surface area contributed by atoms with Gasteiger partial charge in [0.2, 0.25) is 0 Å². The van der Waals surface area contributed by atoms with Gasteiger partial charge in [-0.3, -0.25) is 9.59 Å². The fourth-order valence-corrected chi connectivity index (χ4v) is 1.80. The van der Waals surface area contributed by atoms with Gasteiger partial charge in [0.05, 0.1) is 24.2 Å². The average Bonchev–Trinajstić information content (AvgIpc) is 2.28. The second kappa shape index (κ2) is 6.17. The van der Waals surface area contributed by atoms with Crippen LogP contribution in [0.5, 0.6) is 5.75 Å². The van der Waals surface area contributed by atoms with Crippen molar-refractivity contribution in [3.05, 3.63) is 29.8 Å². The largest absolute Gasteiger partial charge is 0.496 e. The van der Waals surface area contributed by atoms with Gasteiger partial charge in [-0.2, -0.15) is 0 Å². The van der Waals surface area contributed by atoms with Gasteiger partial charge in [-0.25, -0.2) is 0 Å². The lowest BCUT2D eigenvalue weighted by molar-refractivity contribution is -0.133. The van der Waals surface area contributed by atoms with Crippen molar-refractivity contribution in [2.45, 2.75) is 0 Å². The molecule has 0 amide bonds. The number of hydrogen-bond donors (Lipinski definition) is 1. The maximum Gasteiger partial charge on any atom is 0.313 e. The third-order valence-corrected chi connectivity index (χ3v) is 2.78. The van der Waals surface area contributed by atoms with Crippen molar-refractivity contribution in [3.8, 4) is 5.75 Å². The highest BCUT2D eigenvalue weighted by Gasteiger charge is 2.11. The summed E-state index contributed by atoms with van der Waals surface area (Å²) in [7, 11) is 1.50. The van der Waals surface area contributed by atoms with Crippen LogP contribution in [0.15, 0.2) is 24.3 Å². The SMILES string of the molecule is COc1ccccc1C(=O)CSCC(=O)O. The van der Waals surface area contributed by atoms with E-state index in [-0.39, 0.29) is 17.3 Å². The number of para-hydroxylation sites is 1. The summed E-state index contributed by atoms with van der Waals surface area (Å²) in [6, 6.07) is 6.90. The number of aliphatic carboxylic acids is 1. The fraction of sp³-hybridized carbons (Fsp3) is 0.273. The lowest BCUT2D eigenvalue weighted by atomic mass is 10.1. The van der Waals surface area contributed by atoms with E-state index in [1.807, 2.05) is 0 Å². The molecular formula is C11H12O4S. The Bertz CT molecular complexity index is 389. The van der Waals surface area contributed by atoms with Crippen LogP contribution in [0, 0.1) is 0 Å². The Kier molecular flexibility index (Phi) is 4.85. The predicted octanol–water partition coefficient (Wildman–Crippen LogP) is 1.70. The van der Waals surface area contributed by atoms with Crippen molar-refractivity contribution in [2.24, 2.45) is 0 Å². The molecule has 0 aliphatic carbocycles. The summed E-state index contributed by atoms with van der Waals surface area (Å²) in [5.74, 6) is -0.446. The Labute approximate surface area is 97.6 Å². The normalized spacial score (nSPS) is 9.81. The number of ketones is 1. The minimum absolute atomic E-state index is 0.0686. The topological polar surface area (TPSA) is 63.6 Å². The van der Waals surface area contributed by atoms with Crippen molar-refractivity contribution in [3.63, 3.8) is 0 Å². The van der Waals surface area contributed by atoms with Gasteiger partial charge in [0.15, 0.2) is 5.78 Å². The molecule has 0 bridgehead atoms. The summed E-state index contributed by atoms with van der Waals surface area (Å²) < 4.78 is 5.05. The molecule has 0 spiro atoms. The summed E-state index contributed by atoms with van der Waals surface area (Å²) in [5.41, 5.74) is 0.489. The molecule has 0 saturated carbocycles. The summed E-state index contributed by atoms with van der Waals surface area (Å²) >= 11 is 1.08. The van der Waals surface area contributed by atoms with Crippen molar-refractivity contribution in [1.29, 1.82) is 0 Å². The summed E-state index contributed by atoms with van der Waals surface area (Å²) in [6.45, 7) is 0. The molecule has 0 aromatic heterocycles. The molecular weight excluding hydrogens is 228 g/mol. The molecule has 16 heavy (non-hydrogen) atoms. The van der Waals surface area contributed by atoms with Gasteiger partial charge in [0.25, 0.3) is 0 Å². The lowest BCUT2D eigenvalue weighted by Crippen LogP contribution is -2.07. The second-order valence-corrected chi connectivity index (χ2v) is 4.00. The zero-order valence-corrected chi connectivity index (χ0v) is 9.62. The average molecular weight is 240 g/mol. The number of Topliss-reactive ketones (excluding diaryl/α,β-unsaturated/α-hetero) is 1. The number of ether oxygens (including phenoxy) is 1. The number of carboxylic acids is 1. The zero-order valence-electron chi connectivity index (χ0n) is 8.80. The van der Waals surface area contributed by atoms with Gasteiger partial charge >= 0.3 is 5.97 Å². The number of carboxylic acid groups (broad SMARTS) is 1. The maximum absolute atomic E-state index is 11.7. The first-order valence-electron chi connectivity index (χ1n) is 4.61. The van der Waals surface area contributed by atoms with Gasteiger partial charge in [0.1, 0.15) is 5.75 Å². The van der Waals surface area contributed by atoms with Crippen LogP contribution in [0.3, 0.4) is 0 Å². The minimum atomic E-state index is -0.919. The first-order valence-corrected chi connectivity index (χ1v) is 5.76. The number of benzene rings is 1. The van der Waals surface area contributed by atoms with E-state index in [0.29, 0.717) is 11.3 Å². The maximum atomic E-state index is 11.7. The molecule has 0 aliphatic heterocycles. The highest BCUT2D eigenvalue weighted by Crippen LogP contribution is 2.19. The first kappa shape index (κ1) is 12.6. The smallest absolute Gasteiger partial charge is 0.313 e. The number of thioether (sulfide) groups is 1. The molecule has 0 saturated heterocycles. The van der Waals surface area contributed by atoms with E-state index in [0.717, 1.165) is 11.8 Å². The second-order valence-electron chi connectivity index (χ2n) is 3.01. The molecule has 1 aromatic carbocycles. The van der Waals surface area contributed by atoms with Gasteiger partial charge in [0, 0.05) is 0 Å². The molecule has 4 nitrogen and oxygen atoms in total. The molecule has 86 valence electrons. The van der Waals surface area contributed by atoms with Gasteiger partial charge in [-0.05, 0) is 12.1 Å². The number of carbonyl (C=O) groups excluding carboxylic acids is 1. The molecule has 0 atom stereocenters. The quantitative estimate of drug-likeness (QED) is 0.767. The molecule has 0 radical (unpaired) electrons. The van der Waals surface area contributed by atoms with Gasteiger partial charge < -0.3 is 9.84 Å². The van der Waals surface area contributed by atoms with Crippen LogP contribution in [0.25, 0.3) is 0 Å². The van der Waals surface area contributed by atoms with Crippen LogP contribution >= 0.6 is 11.8 Å². The minimum Gasteiger partial charge on any atom is -0.496 e. The van der Waals surface area contributed by atoms with E-state index in [1.54, 1.807) is 24.3 Å². The third-order valence-electron chi connectivity index (χ3n) is 1.87. The third kappa shape index (κ3) is 3.58. The van der Waals surface area contributed by atoms with E-state index in [2.05, 4.69) is 0 Å². The summed E-state index contributed by atoms with van der Waals surface area (Å²) in [6.07, 6.45) is 0. The lowest BCUT2D eigenvalue weighted by Gasteiger charge is -2.06. The Hall–Kier alpha value is -1.49. The molecule has 0 unspecified atom stereocenters. The number of methoxy groups -OCH3 is 1. The summed E-state index contributed by atoms with van der Waals surface area (Å²) in [5, 5.41) is 8.44. The Morgan fingerprint density at radius 2 is 2.00 bits per heavy atom. The monoisotopic (exact) mass is 240 g/mol. The molecule has 1 N–H and O–H groups in total. The fourth-order valence-electron chi connectivity index (χ4n) is 1.18. The molecule has 0 heterocycles. The number of carbonyl (C=O) groups is 2. The molecule has 5 heteroatoms. The van der Waals surface area contributed by atoms with Gasteiger partial charge in [-0.15, -0.1) is 11.8 Å².